The molecule has 0 heterocycles. The maximum Gasteiger partial charge on any atom is 0.119 e. The third-order valence-corrected chi connectivity index (χ3v) is 2.80. The minimum atomic E-state index is -0.0375. The number of methoxy groups -OCH3 is 1. The van der Waals surface area contributed by atoms with Gasteiger partial charge >= 0.3 is 0 Å². The fourth-order valence-electron chi connectivity index (χ4n) is 1.27. The van der Waals surface area contributed by atoms with Gasteiger partial charge in [0.25, 0.3) is 0 Å². The second-order valence-electron chi connectivity index (χ2n) is 3.07. The Morgan fingerprint density at radius 2 is 2.21 bits per heavy atom. The molecule has 0 aliphatic carbocycles. The third kappa shape index (κ3) is 2.70. The van der Waals surface area contributed by atoms with E-state index in [0.717, 1.165) is 22.2 Å². The monoisotopic (exact) mass is 258 g/mol. The van der Waals surface area contributed by atoms with E-state index in [4.69, 9.17) is 16.2 Å². The first-order valence-electron chi connectivity index (χ1n) is 4.48. The van der Waals surface area contributed by atoms with Gasteiger partial charge in [-0.3, -0.25) is 0 Å². The molecule has 78 valence electrons. The number of rotatable bonds is 4. The van der Waals surface area contributed by atoms with E-state index in [-0.39, 0.29) is 6.04 Å². The summed E-state index contributed by atoms with van der Waals surface area (Å²) in [5, 5.41) is 0. The molecule has 0 saturated carbocycles. The molecule has 4 heteroatoms. The molecule has 0 bridgehead atoms. The average molecular weight is 259 g/mol. The maximum atomic E-state index is 5.96. The van der Waals surface area contributed by atoms with E-state index in [1.165, 1.54) is 0 Å². The van der Waals surface area contributed by atoms with Gasteiger partial charge in [-0.05, 0) is 36.7 Å². The second kappa shape index (κ2) is 5.34. The molecule has 0 fully saturated rings. The van der Waals surface area contributed by atoms with Gasteiger partial charge in [0.2, 0.25) is 0 Å². The van der Waals surface area contributed by atoms with E-state index in [1.54, 1.807) is 7.11 Å². The lowest BCUT2D eigenvalue weighted by molar-refractivity contribution is 0.413. The molecular formula is C10H15BrN2O. The predicted octanol–water partition coefficient (Wildman–Crippen LogP) is 1.81. The Morgan fingerprint density at radius 1 is 1.50 bits per heavy atom. The standard InChI is InChI=1S/C10H15BrN2O/c1-14-7-2-3-9(11)8(6-7)10(13)4-5-12/h2-3,6,10H,4-5,12-13H2,1H3/t10-/m0/s1. The van der Waals surface area contributed by atoms with Gasteiger partial charge in [-0.15, -0.1) is 0 Å². The summed E-state index contributed by atoms with van der Waals surface area (Å²) in [6.07, 6.45) is 0.770. The van der Waals surface area contributed by atoms with Crippen LogP contribution in [-0.4, -0.2) is 13.7 Å². The van der Waals surface area contributed by atoms with Gasteiger partial charge in [0.1, 0.15) is 5.75 Å². The first kappa shape index (κ1) is 11.5. The summed E-state index contributed by atoms with van der Waals surface area (Å²) >= 11 is 3.45. The smallest absolute Gasteiger partial charge is 0.119 e. The van der Waals surface area contributed by atoms with Gasteiger partial charge in [0, 0.05) is 10.5 Å². The van der Waals surface area contributed by atoms with Crippen molar-refractivity contribution >= 4 is 15.9 Å². The minimum Gasteiger partial charge on any atom is -0.497 e. The maximum absolute atomic E-state index is 5.96. The van der Waals surface area contributed by atoms with Crippen molar-refractivity contribution in [3.63, 3.8) is 0 Å². The molecule has 0 aliphatic heterocycles. The van der Waals surface area contributed by atoms with E-state index in [1.807, 2.05) is 18.2 Å². The largest absolute Gasteiger partial charge is 0.497 e. The van der Waals surface area contributed by atoms with E-state index in [2.05, 4.69) is 15.9 Å². The first-order valence-corrected chi connectivity index (χ1v) is 5.27. The molecule has 14 heavy (non-hydrogen) atoms. The lowest BCUT2D eigenvalue weighted by Crippen LogP contribution is -2.15. The SMILES string of the molecule is COc1ccc(Br)c([C@@H](N)CCN)c1. The molecule has 0 radical (unpaired) electrons. The van der Waals surface area contributed by atoms with Crippen molar-refractivity contribution in [1.29, 1.82) is 0 Å². The Hall–Kier alpha value is -0.580. The highest BCUT2D eigenvalue weighted by Crippen LogP contribution is 2.27. The number of hydrogen-bond acceptors (Lipinski definition) is 3. The van der Waals surface area contributed by atoms with Crippen LogP contribution in [0.15, 0.2) is 22.7 Å². The van der Waals surface area contributed by atoms with Crippen molar-refractivity contribution in [3.05, 3.63) is 28.2 Å². The lowest BCUT2D eigenvalue weighted by atomic mass is 10.0. The Balaban J connectivity index is 2.93. The zero-order chi connectivity index (χ0) is 10.6. The molecule has 1 aromatic carbocycles. The zero-order valence-corrected chi connectivity index (χ0v) is 9.75. The van der Waals surface area contributed by atoms with Crippen molar-refractivity contribution in [3.8, 4) is 5.75 Å². The summed E-state index contributed by atoms with van der Waals surface area (Å²) < 4.78 is 6.13. The summed E-state index contributed by atoms with van der Waals surface area (Å²) in [5.41, 5.74) is 12.5. The van der Waals surface area contributed by atoms with Crippen molar-refractivity contribution in [2.24, 2.45) is 11.5 Å². The van der Waals surface area contributed by atoms with Crippen LogP contribution in [0.2, 0.25) is 0 Å². The summed E-state index contributed by atoms with van der Waals surface area (Å²) in [6, 6.07) is 5.72. The van der Waals surface area contributed by atoms with Crippen LogP contribution >= 0.6 is 15.9 Å². The normalized spacial score (nSPS) is 12.6. The van der Waals surface area contributed by atoms with Gasteiger partial charge in [-0.25, -0.2) is 0 Å². The molecule has 3 nitrogen and oxygen atoms in total. The fraction of sp³-hybridized carbons (Fsp3) is 0.400. The molecular weight excluding hydrogens is 244 g/mol. The van der Waals surface area contributed by atoms with Crippen LogP contribution in [0, 0.1) is 0 Å². The Kier molecular flexibility index (Phi) is 4.38. The predicted molar refractivity (Wildman–Crippen MR) is 61.3 cm³/mol. The number of halogens is 1. The van der Waals surface area contributed by atoms with Crippen LogP contribution in [0.5, 0.6) is 5.75 Å². The van der Waals surface area contributed by atoms with Crippen LogP contribution in [0.25, 0.3) is 0 Å². The number of ether oxygens (including phenoxy) is 1. The summed E-state index contributed by atoms with van der Waals surface area (Å²) in [4.78, 5) is 0. The van der Waals surface area contributed by atoms with E-state index in [0.29, 0.717) is 6.54 Å². The van der Waals surface area contributed by atoms with Crippen LogP contribution in [0.4, 0.5) is 0 Å². The van der Waals surface area contributed by atoms with Gasteiger partial charge in [0.15, 0.2) is 0 Å². The zero-order valence-electron chi connectivity index (χ0n) is 8.16. The molecule has 1 atom stereocenters. The number of benzene rings is 1. The van der Waals surface area contributed by atoms with E-state index < -0.39 is 0 Å². The Bertz CT molecular complexity index is 304. The Labute approximate surface area is 92.6 Å². The van der Waals surface area contributed by atoms with E-state index >= 15 is 0 Å². The Morgan fingerprint density at radius 3 is 2.79 bits per heavy atom. The highest BCUT2D eigenvalue weighted by molar-refractivity contribution is 9.10. The van der Waals surface area contributed by atoms with Gasteiger partial charge < -0.3 is 16.2 Å². The number of nitrogens with two attached hydrogens (primary N) is 2. The molecule has 0 aliphatic rings. The third-order valence-electron chi connectivity index (χ3n) is 2.08. The topological polar surface area (TPSA) is 61.3 Å². The molecule has 0 spiro atoms. The van der Waals surface area contributed by atoms with E-state index in [9.17, 15) is 0 Å². The van der Waals surface area contributed by atoms with Gasteiger partial charge in [-0.1, -0.05) is 15.9 Å². The summed E-state index contributed by atoms with van der Waals surface area (Å²) in [7, 11) is 1.64. The molecule has 0 saturated heterocycles. The number of hydrogen-bond donors (Lipinski definition) is 2. The second-order valence-corrected chi connectivity index (χ2v) is 3.93. The highest BCUT2D eigenvalue weighted by Gasteiger charge is 2.09. The molecule has 0 amide bonds. The minimum absolute atomic E-state index is 0.0375. The van der Waals surface area contributed by atoms with Crippen molar-refractivity contribution in [1.82, 2.24) is 0 Å². The first-order chi connectivity index (χ1) is 6.69. The molecule has 4 N–H and O–H groups in total. The van der Waals surface area contributed by atoms with Gasteiger partial charge in [-0.2, -0.15) is 0 Å². The summed E-state index contributed by atoms with van der Waals surface area (Å²) in [6.45, 7) is 0.588. The summed E-state index contributed by atoms with van der Waals surface area (Å²) in [5.74, 6) is 0.815. The fourth-order valence-corrected chi connectivity index (χ4v) is 1.81. The van der Waals surface area contributed by atoms with Crippen LogP contribution in [-0.2, 0) is 0 Å². The van der Waals surface area contributed by atoms with Crippen LogP contribution < -0.4 is 16.2 Å². The molecule has 1 aromatic rings. The quantitative estimate of drug-likeness (QED) is 0.866. The van der Waals surface area contributed by atoms with Crippen LogP contribution in [0.3, 0.4) is 0 Å². The molecule has 0 unspecified atom stereocenters. The lowest BCUT2D eigenvalue weighted by Gasteiger charge is -2.13. The molecule has 1 rings (SSSR count). The average Bonchev–Trinajstić information content (AvgIpc) is 2.19. The van der Waals surface area contributed by atoms with Crippen molar-refractivity contribution < 1.29 is 4.74 Å². The van der Waals surface area contributed by atoms with Crippen molar-refractivity contribution in [2.45, 2.75) is 12.5 Å². The molecule has 0 aromatic heterocycles. The van der Waals surface area contributed by atoms with Gasteiger partial charge in [0.05, 0.1) is 7.11 Å². The van der Waals surface area contributed by atoms with Crippen LogP contribution in [0.1, 0.15) is 18.0 Å². The highest BCUT2D eigenvalue weighted by atomic mass is 79.9. The van der Waals surface area contributed by atoms with Crippen molar-refractivity contribution in [2.75, 3.05) is 13.7 Å².